The first-order valence-electron chi connectivity index (χ1n) is 10.0. The van der Waals surface area contributed by atoms with E-state index in [1.165, 1.54) is 24.0 Å². The van der Waals surface area contributed by atoms with Crippen LogP contribution in [0.1, 0.15) is 70.5 Å². The van der Waals surface area contributed by atoms with Gasteiger partial charge < -0.3 is 9.42 Å². The molecular formula is C22H24N4O2. The number of amides is 1. The van der Waals surface area contributed by atoms with Crippen LogP contribution in [0.5, 0.6) is 0 Å². The summed E-state index contributed by atoms with van der Waals surface area (Å²) in [4.78, 5) is 15.1. The SMILES string of the molecule is Cn1cc(C2CN(C(=O)c3cc(C4CCCC4)on3)Cc3ccccc32)cn1. The number of hydrogen-bond acceptors (Lipinski definition) is 4. The third-order valence-corrected chi connectivity index (χ3v) is 6.11. The molecule has 0 bridgehead atoms. The fourth-order valence-corrected chi connectivity index (χ4v) is 4.62. The number of carbonyl (C=O) groups is 1. The average Bonchev–Trinajstić information content (AvgIpc) is 3.47. The number of nitrogens with zero attached hydrogens (tertiary/aromatic N) is 4. The van der Waals surface area contributed by atoms with Crippen LogP contribution in [-0.4, -0.2) is 32.3 Å². The van der Waals surface area contributed by atoms with Gasteiger partial charge in [0, 0.05) is 44.2 Å². The summed E-state index contributed by atoms with van der Waals surface area (Å²) in [6.07, 6.45) is 8.63. The van der Waals surface area contributed by atoms with E-state index in [1.54, 1.807) is 0 Å². The van der Waals surface area contributed by atoms with Crippen molar-refractivity contribution in [3.8, 4) is 0 Å². The molecule has 2 aliphatic rings. The maximum atomic E-state index is 13.2. The molecule has 1 fully saturated rings. The van der Waals surface area contributed by atoms with Gasteiger partial charge in [-0.2, -0.15) is 5.10 Å². The molecule has 3 aromatic rings. The summed E-state index contributed by atoms with van der Waals surface area (Å²) in [5.41, 5.74) is 3.99. The highest BCUT2D eigenvalue weighted by Gasteiger charge is 2.32. The van der Waals surface area contributed by atoms with Crippen molar-refractivity contribution < 1.29 is 9.32 Å². The monoisotopic (exact) mass is 376 g/mol. The lowest BCUT2D eigenvalue weighted by Gasteiger charge is -2.34. The number of carbonyl (C=O) groups excluding carboxylic acids is 1. The Balaban J connectivity index is 1.43. The lowest BCUT2D eigenvalue weighted by atomic mass is 9.86. The fourth-order valence-electron chi connectivity index (χ4n) is 4.62. The Bertz CT molecular complexity index is 999. The minimum atomic E-state index is -0.0589. The van der Waals surface area contributed by atoms with Crippen LogP contribution in [-0.2, 0) is 13.6 Å². The van der Waals surface area contributed by atoms with Crippen molar-refractivity contribution in [2.45, 2.75) is 44.1 Å². The molecule has 1 amide bonds. The Morgan fingerprint density at radius 1 is 1.21 bits per heavy atom. The van der Waals surface area contributed by atoms with E-state index in [9.17, 15) is 4.79 Å². The van der Waals surface area contributed by atoms with Gasteiger partial charge in [-0.1, -0.05) is 42.3 Å². The Morgan fingerprint density at radius 2 is 2.04 bits per heavy atom. The topological polar surface area (TPSA) is 64.2 Å². The highest BCUT2D eigenvalue weighted by molar-refractivity contribution is 5.92. The van der Waals surface area contributed by atoms with Gasteiger partial charge >= 0.3 is 0 Å². The molecular weight excluding hydrogens is 352 g/mol. The van der Waals surface area contributed by atoms with E-state index in [4.69, 9.17) is 4.52 Å². The Labute approximate surface area is 164 Å². The van der Waals surface area contributed by atoms with Crippen LogP contribution in [0.2, 0.25) is 0 Å². The molecule has 144 valence electrons. The lowest BCUT2D eigenvalue weighted by Crippen LogP contribution is -2.38. The maximum Gasteiger partial charge on any atom is 0.276 e. The van der Waals surface area contributed by atoms with Gasteiger partial charge in [-0.05, 0) is 29.5 Å². The number of rotatable bonds is 3. The summed E-state index contributed by atoms with van der Waals surface area (Å²) in [5.74, 6) is 1.33. The molecule has 1 aliphatic carbocycles. The van der Waals surface area contributed by atoms with Crippen molar-refractivity contribution in [1.82, 2.24) is 19.8 Å². The van der Waals surface area contributed by atoms with E-state index in [-0.39, 0.29) is 11.8 Å². The van der Waals surface area contributed by atoms with E-state index < -0.39 is 0 Å². The first-order valence-corrected chi connectivity index (χ1v) is 10.0. The van der Waals surface area contributed by atoms with Crippen molar-refractivity contribution in [2.75, 3.05) is 6.54 Å². The molecule has 2 aromatic heterocycles. The number of aromatic nitrogens is 3. The van der Waals surface area contributed by atoms with Crippen molar-refractivity contribution in [3.63, 3.8) is 0 Å². The van der Waals surface area contributed by atoms with E-state index in [2.05, 4.69) is 28.5 Å². The van der Waals surface area contributed by atoms with Gasteiger partial charge in [0.2, 0.25) is 0 Å². The second-order valence-electron chi connectivity index (χ2n) is 7.98. The molecule has 0 radical (unpaired) electrons. The molecule has 1 aromatic carbocycles. The quantitative estimate of drug-likeness (QED) is 0.696. The molecule has 6 nitrogen and oxygen atoms in total. The van der Waals surface area contributed by atoms with Gasteiger partial charge in [-0.15, -0.1) is 0 Å². The standard InChI is InChI=1S/C22H24N4O2/c1-25-12-17(11-23-25)19-14-26(13-16-8-4-5-9-18(16)19)22(27)20-10-21(28-24-20)15-6-2-3-7-15/h4-5,8-12,15,19H,2-3,6-7,13-14H2,1H3. The van der Waals surface area contributed by atoms with Crippen LogP contribution in [0.15, 0.2) is 47.2 Å². The minimum absolute atomic E-state index is 0.0589. The molecule has 3 heterocycles. The van der Waals surface area contributed by atoms with Crippen molar-refractivity contribution in [1.29, 1.82) is 0 Å². The second-order valence-corrected chi connectivity index (χ2v) is 7.98. The zero-order chi connectivity index (χ0) is 19.1. The van der Waals surface area contributed by atoms with E-state index in [0.29, 0.717) is 24.7 Å². The predicted molar refractivity (Wildman–Crippen MR) is 104 cm³/mol. The van der Waals surface area contributed by atoms with Gasteiger partial charge in [-0.25, -0.2) is 0 Å². The molecule has 0 N–H and O–H groups in total. The minimum Gasteiger partial charge on any atom is -0.360 e. The summed E-state index contributed by atoms with van der Waals surface area (Å²) in [6.45, 7) is 1.21. The molecule has 0 spiro atoms. The molecule has 1 saturated carbocycles. The van der Waals surface area contributed by atoms with E-state index >= 15 is 0 Å². The Morgan fingerprint density at radius 3 is 2.82 bits per heavy atom. The molecule has 1 unspecified atom stereocenters. The zero-order valence-electron chi connectivity index (χ0n) is 16.0. The average molecular weight is 376 g/mol. The summed E-state index contributed by atoms with van der Waals surface area (Å²) in [5, 5.41) is 8.44. The molecule has 0 saturated heterocycles. The first-order chi connectivity index (χ1) is 13.7. The van der Waals surface area contributed by atoms with Crippen LogP contribution in [0, 0.1) is 0 Å². The van der Waals surface area contributed by atoms with Crippen LogP contribution in [0.3, 0.4) is 0 Å². The van der Waals surface area contributed by atoms with Crippen molar-refractivity contribution in [2.24, 2.45) is 7.05 Å². The first kappa shape index (κ1) is 17.2. The Kier molecular flexibility index (Phi) is 4.26. The lowest BCUT2D eigenvalue weighted by molar-refractivity contribution is 0.0714. The van der Waals surface area contributed by atoms with Crippen LogP contribution < -0.4 is 0 Å². The summed E-state index contributed by atoms with van der Waals surface area (Å²) in [7, 11) is 1.92. The number of benzene rings is 1. The van der Waals surface area contributed by atoms with Gasteiger partial charge in [0.1, 0.15) is 5.76 Å². The van der Waals surface area contributed by atoms with Gasteiger partial charge in [0.15, 0.2) is 5.69 Å². The Hall–Kier alpha value is -2.89. The summed E-state index contributed by atoms with van der Waals surface area (Å²) < 4.78 is 7.34. The van der Waals surface area contributed by atoms with E-state index in [0.717, 1.165) is 24.2 Å². The van der Waals surface area contributed by atoms with Gasteiger partial charge in [-0.3, -0.25) is 9.48 Å². The molecule has 28 heavy (non-hydrogen) atoms. The third-order valence-electron chi connectivity index (χ3n) is 6.11. The predicted octanol–water partition coefficient (Wildman–Crippen LogP) is 3.85. The van der Waals surface area contributed by atoms with Gasteiger partial charge in [0.25, 0.3) is 5.91 Å². The van der Waals surface area contributed by atoms with Crippen LogP contribution >= 0.6 is 0 Å². The number of aryl methyl sites for hydroxylation is 1. The maximum absolute atomic E-state index is 13.2. The number of fused-ring (bicyclic) bond motifs is 1. The van der Waals surface area contributed by atoms with Crippen molar-refractivity contribution >= 4 is 5.91 Å². The summed E-state index contributed by atoms with van der Waals surface area (Å²) >= 11 is 0. The molecule has 6 heteroatoms. The second kappa shape index (κ2) is 6.93. The smallest absolute Gasteiger partial charge is 0.276 e. The number of hydrogen-bond donors (Lipinski definition) is 0. The largest absolute Gasteiger partial charge is 0.360 e. The molecule has 5 rings (SSSR count). The van der Waals surface area contributed by atoms with E-state index in [1.807, 2.05) is 41.2 Å². The highest BCUT2D eigenvalue weighted by Crippen LogP contribution is 2.36. The van der Waals surface area contributed by atoms with Crippen LogP contribution in [0.4, 0.5) is 0 Å². The highest BCUT2D eigenvalue weighted by atomic mass is 16.5. The van der Waals surface area contributed by atoms with Crippen molar-refractivity contribution in [3.05, 3.63) is 70.9 Å². The third kappa shape index (κ3) is 3.03. The summed E-state index contributed by atoms with van der Waals surface area (Å²) in [6, 6.07) is 10.2. The zero-order valence-corrected chi connectivity index (χ0v) is 16.0. The van der Waals surface area contributed by atoms with Crippen LogP contribution in [0.25, 0.3) is 0 Å². The fraction of sp³-hybridized carbons (Fsp3) is 0.409. The normalized spacial score (nSPS) is 19.8. The van der Waals surface area contributed by atoms with Gasteiger partial charge in [0.05, 0.1) is 6.20 Å². The molecule has 1 atom stereocenters. The molecule has 1 aliphatic heterocycles.